The van der Waals surface area contributed by atoms with Crippen molar-refractivity contribution >= 4 is 44.5 Å². The minimum Gasteiger partial charge on any atom is -0.495 e. The molecular weight excluding hydrogens is 320 g/mol. The van der Waals surface area contributed by atoms with E-state index in [2.05, 4.69) is 5.32 Å². The Morgan fingerprint density at radius 2 is 2.20 bits per heavy atom. The molecule has 2 aliphatic heterocycles. The zero-order valence-electron chi connectivity index (χ0n) is 10.7. The second-order valence-corrected chi connectivity index (χ2v) is 7.86. The Bertz CT molecular complexity index is 677. The summed E-state index contributed by atoms with van der Waals surface area (Å²) < 4.78 is 28.9. The molecule has 2 saturated heterocycles. The van der Waals surface area contributed by atoms with Crippen molar-refractivity contribution in [3.63, 3.8) is 0 Å². The first-order chi connectivity index (χ1) is 9.41. The van der Waals surface area contributed by atoms with Gasteiger partial charge in [0.05, 0.1) is 36.4 Å². The molecule has 2 fully saturated rings. The van der Waals surface area contributed by atoms with Crippen LogP contribution in [0.2, 0.25) is 5.02 Å². The van der Waals surface area contributed by atoms with Gasteiger partial charge in [0.25, 0.3) is 0 Å². The van der Waals surface area contributed by atoms with Crippen LogP contribution in [-0.2, 0) is 9.84 Å². The highest BCUT2D eigenvalue weighted by molar-refractivity contribution is 7.91. The molecule has 1 aromatic rings. The van der Waals surface area contributed by atoms with E-state index >= 15 is 0 Å². The fourth-order valence-corrected chi connectivity index (χ4v) is 5.18. The van der Waals surface area contributed by atoms with Crippen LogP contribution in [0.25, 0.3) is 0 Å². The highest BCUT2D eigenvalue weighted by Crippen LogP contribution is 2.37. The van der Waals surface area contributed by atoms with Crippen LogP contribution < -0.4 is 15.0 Å². The molecule has 0 unspecified atom stereocenters. The number of hydrogen-bond acceptors (Lipinski definition) is 4. The van der Waals surface area contributed by atoms with E-state index in [-0.39, 0.29) is 23.6 Å². The Labute approximate surface area is 127 Å². The van der Waals surface area contributed by atoms with Crippen molar-refractivity contribution in [1.29, 1.82) is 0 Å². The molecule has 0 saturated carbocycles. The van der Waals surface area contributed by atoms with Gasteiger partial charge in [0.2, 0.25) is 0 Å². The number of halogens is 1. The van der Waals surface area contributed by atoms with Gasteiger partial charge in [0, 0.05) is 5.02 Å². The van der Waals surface area contributed by atoms with Crippen LogP contribution in [0, 0.1) is 0 Å². The SMILES string of the molecule is COc1ccc(Cl)cc1N1C(=S)N[C@H]2CS(=O)(=O)C[C@H]21. The topological polar surface area (TPSA) is 58.6 Å². The second-order valence-electron chi connectivity index (χ2n) is 4.89. The largest absolute Gasteiger partial charge is 0.495 e. The number of benzene rings is 1. The van der Waals surface area contributed by atoms with Crippen molar-refractivity contribution < 1.29 is 13.2 Å². The number of thiocarbonyl (C=S) groups is 1. The minimum atomic E-state index is -3.04. The molecule has 0 aliphatic carbocycles. The lowest BCUT2D eigenvalue weighted by atomic mass is 10.1. The van der Waals surface area contributed by atoms with Gasteiger partial charge in [-0.3, -0.25) is 0 Å². The van der Waals surface area contributed by atoms with Crippen LogP contribution in [0.4, 0.5) is 5.69 Å². The minimum absolute atomic E-state index is 0.0838. The van der Waals surface area contributed by atoms with Gasteiger partial charge in [-0.15, -0.1) is 0 Å². The third-order valence-corrected chi connectivity index (χ3v) is 5.85. The van der Waals surface area contributed by atoms with Crippen molar-refractivity contribution in [2.75, 3.05) is 23.5 Å². The van der Waals surface area contributed by atoms with Crippen LogP contribution in [0.15, 0.2) is 18.2 Å². The summed E-state index contributed by atoms with van der Waals surface area (Å²) in [6.07, 6.45) is 0. The van der Waals surface area contributed by atoms with E-state index in [0.29, 0.717) is 21.6 Å². The summed E-state index contributed by atoms with van der Waals surface area (Å²) in [4.78, 5) is 1.80. The Morgan fingerprint density at radius 3 is 2.90 bits per heavy atom. The molecule has 0 radical (unpaired) electrons. The van der Waals surface area contributed by atoms with E-state index in [1.54, 1.807) is 30.2 Å². The average molecular weight is 333 g/mol. The Balaban J connectivity index is 2.05. The van der Waals surface area contributed by atoms with Gasteiger partial charge < -0.3 is 15.0 Å². The first-order valence-corrected chi connectivity index (χ1v) is 8.66. The standard InChI is InChI=1S/C12H13ClN2O3S2/c1-18-11-3-2-7(13)4-9(11)15-10-6-20(16,17)5-8(10)14-12(15)19/h2-4,8,10H,5-6H2,1H3,(H,14,19)/t8-,10+/m0/s1. The van der Waals surface area contributed by atoms with Crippen LogP contribution >= 0.6 is 23.8 Å². The number of sulfone groups is 1. The second kappa shape index (κ2) is 4.75. The summed E-state index contributed by atoms with van der Waals surface area (Å²) in [6, 6.07) is 4.83. The molecule has 2 heterocycles. The number of fused-ring (bicyclic) bond motifs is 1. The zero-order valence-corrected chi connectivity index (χ0v) is 13.1. The van der Waals surface area contributed by atoms with Gasteiger partial charge >= 0.3 is 0 Å². The number of rotatable bonds is 2. The number of nitrogens with zero attached hydrogens (tertiary/aromatic N) is 1. The summed E-state index contributed by atoms with van der Waals surface area (Å²) in [5.41, 5.74) is 0.696. The summed E-state index contributed by atoms with van der Waals surface area (Å²) in [5, 5.41) is 4.13. The van der Waals surface area contributed by atoms with Crippen molar-refractivity contribution in [3.8, 4) is 5.75 Å². The third-order valence-electron chi connectivity index (χ3n) is 3.58. The van der Waals surface area contributed by atoms with Crippen molar-refractivity contribution in [2.45, 2.75) is 12.1 Å². The van der Waals surface area contributed by atoms with E-state index in [1.165, 1.54) is 0 Å². The quantitative estimate of drug-likeness (QED) is 0.822. The lowest BCUT2D eigenvalue weighted by Gasteiger charge is -2.25. The van der Waals surface area contributed by atoms with Gasteiger partial charge in [-0.1, -0.05) is 11.6 Å². The van der Waals surface area contributed by atoms with E-state index in [0.717, 1.165) is 0 Å². The van der Waals surface area contributed by atoms with Gasteiger partial charge in [-0.25, -0.2) is 8.42 Å². The summed E-state index contributed by atoms with van der Waals surface area (Å²) in [6.45, 7) is 0. The molecule has 1 aromatic carbocycles. The molecular formula is C12H13ClN2O3S2. The van der Waals surface area contributed by atoms with E-state index < -0.39 is 9.84 Å². The Kier molecular flexibility index (Phi) is 3.30. The highest BCUT2D eigenvalue weighted by Gasteiger charge is 2.48. The number of nitrogens with one attached hydrogen (secondary N) is 1. The third kappa shape index (κ3) is 2.23. The van der Waals surface area contributed by atoms with Crippen LogP contribution in [0.3, 0.4) is 0 Å². The Hall–Kier alpha value is -1.05. The predicted octanol–water partition coefficient (Wildman–Crippen LogP) is 1.21. The Morgan fingerprint density at radius 1 is 1.45 bits per heavy atom. The van der Waals surface area contributed by atoms with Crippen molar-refractivity contribution in [2.24, 2.45) is 0 Å². The molecule has 0 aromatic heterocycles. The number of anilines is 1. The monoisotopic (exact) mass is 332 g/mol. The summed E-state index contributed by atoms with van der Waals surface area (Å²) in [5.74, 6) is 0.806. The zero-order chi connectivity index (χ0) is 14.5. The molecule has 20 heavy (non-hydrogen) atoms. The number of methoxy groups -OCH3 is 1. The molecule has 1 N–H and O–H groups in total. The molecule has 3 rings (SSSR count). The predicted molar refractivity (Wildman–Crippen MR) is 82.4 cm³/mol. The first kappa shape index (κ1) is 13.9. The van der Waals surface area contributed by atoms with Crippen LogP contribution in [0.5, 0.6) is 5.75 Å². The van der Waals surface area contributed by atoms with E-state index in [4.69, 9.17) is 28.6 Å². The molecule has 2 aliphatic rings. The molecule has 8 heteroatoms. The number of hydrogen-bond donors (Lipinski definition) is 1. The molecule has 2 atom stereocenters. The van der Waals surface area contributed by atoms with Crippen LogP contribution in [-0.4, -0.2) is 44.2 Å². The lowest BCUT2D eigenvalue weighted by Crippen LogP contribution is -2.37. The normalized spacial score (nSPS) is 27.3. The van der Waals surface area contributed by atoms with Gasteiger partial charge in [0.15, 0.2) is 14.9 Å². The van der Waals surface area contributed by atoms with Gasteiger partial charge in [0.1, 0.15) is 5.75 Å². The fraction of sp³-hybridized carbons (Fsp3) is 0.417. The highest BCUT2D eigenvalue weighted by atomic mass is 35.5. The molecule has 0 spiro atoms. The van der Waals surface area contributed by atoms with Gasteiger partial charge in [-0.2, -0.15) is 0 Å². The summed E-state index contributed by atoms with van der Waals surface area (Å²) >= 11 is 11.4. The smallest absolute Gasteiger partial charge is 0.174 e. The van der Waals surface area contributed by atoms with Crippen molar-refractivity contribution in [1.82, 2.24) is 5.32 Å². The maximum Gasteiger partial charge on any atom is 0.174 e. The van der Waals surface area contributed by atoms with E-state index in [1.807, 2.05) is 0 Å². The fourth-order valence-electron chi connectivity index (χ4n) is 2.74. The molecule has 0 bridgehead atoms. The van der Waals surface area contributed by atoms with Crippen LogP contribution in [0.1, 0.15) is 0 Å². The molecule has 5 nitrogen and oxygen atoms in total. The maximum absolute atomic E-state index is 11.8. The maximum atomic E-state index is 11.8. The first-order valence-electron chi connectivity index (χ1n) is 6.05. The average Bonchev–Trinajstić information content (AvgIpc) is 2.79. The van der Waals surface area contributed by atoms with E-state index in [9.17, 15) is 8.42 Å². The van der Waals surface area contributed by atoms with Gasteiger partial charge in [-0.05, 0) is 30.4 Å². The molecule has 0 amide bonds. The molecule has 108 valence electrons. The lowest BCUT2D eigenvalue weighted by molar-refractivity contribution is 0.415. The summed E-state index contributed by atoms with van der Waals surface area (Å²) in [7, 11) is -1.48. The van der Waals surface area contributed by atoms with Crippen molar-refractivity contribution in [3.05, 3.63) is 23.2 Å². The number of ether oxygens (including phenoxy) is 1.